The molecule has 1 saturated heterocycles. The average Bonchev–Trinajstić information content (AvgIpc) is 3.39. The van der Waals surface area contributed by atoms with Gasteiger partial charge in [0.05, 0.1) is 12.6 Å². The molecule has 1 unspecified atom stereocenters. The monoisotopic (exact) mass is 612 g/mol. The zero-order chi connectivity index (χ0) is 32.2. The summed E-state index contributed by atoms with van der Waals surface area (Å²) in [5.74, 6) is -1.46. The molecule has 2 aromatic rings. The second-order valence-corrected chi connectivity index (χ2v) is 11.3. The Bertz CT molecular complexity index is 1270. The van der Waals surface area contributed by atoms with Crippen molar-refractivity contribution in [3.8, 4) is 11.5 Å². The summed E-state index contributed by atoms with van der Waals surface area (Å²) >= 11 is 0. The standard InChI is InChI=1S/C31H44N6O7/c1-19-15-26(28(42)35-22(18-38)3-2-14-34-31(32)33)37(17-19)30(44)25(13-8-20-4-9-23(39)10-5-20)36-29(43)27(41)16-21-6-11-24(40)12-7-21/h4-7,9-12,19,22,25-27,38-41H,2-3,8,13-18H2,1H3,(H,35,42)(H,36,43)(H4,32,33,34)/t19-,22?,25+,26-,27+/m0/s1. The van der Waals surface area contributed by atoms with E-state index in [9.17, 15) is 34.8 Å². The van der Waals surface area contributed by atoms with E-state index >= 15 is 0 Å². The number of phenols is 2. The molecule has 3 rings (SSSR count). The van der Waals surface area contributed by atoms with Crippen molar-refractivity contribution in [2.24, 2.45) is 22.4 Å². The summed E-state index contributed by atoms with van der Waals surface area (Å²) in [5, 5.41) is 45.1. The van der Waals surface area contributed by atoms with Gasteiger partial charge in [-0.2, -0.15) is 0 Å². The number of aliphatic hydroxyl groups excluding tert-OH is 2. The zero-order valence-electron chi connectivity index (χ0n) is 24.9. The van der Waals surface area contributed by atoms with E-state index in [0.717, 1.165) is 5.56 Å². The van der Waals surface area contributed by atoms with E-state index in [4.69, 9.17) is 11.5 Å². The third kappa shape index (κ3) is 10.4. The van der Waals surface area contributed by atoms with Gasteiger partial charge in [0, 0.05) is 19.5 Å². The molecular weight excluding hydrogens is 568 g/mol. The Balaban J connectivity index is 1.73. The minimum absolute atomic E-state index is 0.0117. The fourth-order valence-electron chi connectivity index (χ4n) is 5.24. The summed E-state index contributed by atoms with van der Waals surface area (Å²) in [6, 6.07) is 10.2. The molecule has 10 N–H and O–H groups in total. The number of aromatic hydroxyl groups is 2. The van der Waals surface area contributed by atoms with Gasteiger partial charge >= 0.3 is 0 Å². The second kappa shape index (κ2) is 16.5. The largest absolute Gasteiger partial charge is 0.508 e. The van der Waals surface area contributed by atoms with Crippen LogP contribution in [0.15, 0.2) is 53.5 Å². The second-order valence-electron chi connectivity index (χ2n) is 11.3. The number of hydrogen-bond donors (Lipinski definition) is 8. The quantitative estimate of drug-likeness (QED) is 0.0762. The molecule has 0 aromatic heterocycles. The number of aliphatic hydroxyl groups is 2. The molecular formula is C31H44N6O7. The van der Waals surface area contributed by atoms with Crippen LogP contribution in [-0.4, -0.2) is 92.9 Å². The Morgan fingerprint density at radius 3 is 2.18 bits per heavy atom. The van der Waals surface area contributed by atoms with E-state index in [2.05, 4.69) is 15.6 Å². The number of nitrogens with zero attached hydrogens (tertiary/aromatic N) is 2. The highest BCUT2D eigenvalue weighted by Crippen LogP contribution is 2.25. The fourth-order valence-corrected chi connectivity index (χ4v) is 5.24. The van der Waals surface area contributed by atoms with Gasteiger partial charge in [-0.1, -0.05) is 31.2 Å². The highest BCUT2D eigenvalue weighted by Gasteiger charge is 2.41. The first-order chi connectivity index (χ1) is 21.0. The highest BCUT2D eigenvalue weighted by atomic mass is 16.3. The number of nitrogens with two attached hydrogens (primary N) is 2. The normalized spacial score (nSPS) is 18.2. The zero-order valence-corrected chi connectivity index (χ0v) is 24.9. The van der Waals surface area contributed by atoms with Crippen molar-refractivity contribution >= 4 is 23.7 Å². The topological polar surface area (TPSA) is 224 Å². The Morgan fingerprint density at radius 2 is 1.59 bits per heavy atom. The van der Waals surface area contributed by atoms with Crippen LogP contribution in [0.1, 0.15) is 43.7 Å². The Kier molecular flexibility index (Phi) is 12.8. The third-order valence-electron chi connectivity index (χ3n) is 7.61. The van der Waals surface area contributed by atoms with Crippen molar-refractivity contribution in [2.45, 2.75) is 69.7 Å². The Labute approximate surface area is 257 Å². The average molecular weight is 613 g/mol. The number of aliphatic imine (C=N–C) groups is 1. The van der Waals surface area contributed by atoms with Crippen molar-refractivity contribution in [1.29, 1.82) is 0 Å². The molecule has 44 heavy (non-hydrogen) atoms. The molecule has 1 aliphatic heterocycles. The highest BCUT2D eigenvalue weighted by molar-refractivity contribution is 5.93. The maximum atomic E-state index is 14.0. The van der Waals surface area contributed by atoms with Gasteiger partial charge in [0.25, 0.3) is 0 Å². The number of carbonyl (C=O) groups is 3. The van der Waals surface area contributed by atoms with E-state index in [1.807, 2.05) is 6.92 Å². The van der Waals surface area contributed by atoms with Crippen LogP contribution in [-0.2, 0) is 27.2 Å². The van der Waals surface area contributed by atoms with E-state index in [1.165, 1.54) is 29.2 Å². The molecule has 13 nitrogen and oxygen atoms in total. The number of phenolic OH excluding ortho intramolecular Hbond substituents is 2. The predicted molar refractivity (Wildman–Crippen MR) is 164 cm³/mol. The van der Waals surface area contributed by atoms with Gasteiger partial charge in [0.2, 0.25) is 17.7 Å². The van der Waals surface area contributed by atoms with Gasteiger partial charge in [-0.05, 0) is 73.4 Å². The lowest BCUT2D eigenvalue weighted by Gasteiger charge is -2.30. The summed E-state index contributed by atoms with van der Waals surface area (Å²) in [6.45, 7) is 2.28. The van der Waals surface area contributed by atoms with Crippen LogP contribution < -0.4 is 22.1 Å². The summed E-state index contributed by atoms with van der Waals surface area (Å²) in [7, 11) is 0. The van der Waals surface area contributed by atoms with Gasteiger partial charge in [0.15, 0.2) is 5.96 Å². The third-order valence-corrected chi connectivity index (χ3v) is 7.61. The maximum absolute atomic E-state index is 14.0. The summed E-state index contributed by atoms with van der Waals surface area (Å²) in [4.78, 5) is 45.8. The van der Waals surface area contributed by atoms with Gasteiger partial charge in [-0.25, -0.2) is 0 Å². The first-order valence-electron chi connectivity index (χ1n) is 14.8. The number of amides is 3. The smallest absolute Gasteiger partial charge is 0.249 e. The number of likely N-dealkylation sites (tertiary alicyclic amines) is 1. The van der Waals surface area contributed by atoms with Gasteiger partial charge in [-0.3, -0.25) is 19.4 Å². The van der Waals surface area contributed by atoms with Crippen LogP contribution in [0.3, 0.4) is 0 Å². The summed E-state index contributed by atoms with van der Waals surface area (Å²) in [5.41, 5.74) is 12.1. The van der Waals surface area contributed by atoms with Crippen LogP contribution in [0, 0.1) is 5.92 Å². The predicted octanol–water partition coefficient (Wildman–Crippen LogP) is -0.113. The molecule has 3 amide bonds. The summed E-state index contributed by atoms with van der Waals surface area (Å²) < 4.78 is 0. The molecule has 13 heteroatoms. The molecule has 240 valence electrons. The van der Waals surface area contributed by atoms with Crippen molar-refractivity contribution in [1.82, 2.24) is 15.5 Å². The van der Waals surface area contributed by atoms with E-state index in [-0.39, 0.29) is 42.8 Å². The molecule has 0 spiro atoms. The number of aryl methyl sites for hydroxylation is 1. The number of hydrogen-bond acceptors (Lipinski definition) is 8. The molecule has 0 radical (unpaired) electrons. The molecule has 1 heterocycles. The molecule has 1 fully saturated rings. The van der Waals surface area contributed by atoms with Crippen molar-refractivity contribution < 1.29 is 34.8 Å². The van der Waals surface area contributed by atoms with Gasteiger partial charge in [0.1, 0.15) is 29.7 Å². The first-order valence-corrected chi connectivity index (χ1v) is 14.8. The maximum Gasteiger partial charge on any atom is 0.249 e. The van der Waals surface area contributed by atoms with E-state index in [0.29, 0.717) is 44.3 Å². The van der Waals surface area contributed by atoms with E-state index in [1.54, 1.807) is 24.3 Å². The van der Waals surface area contributed by atoms with Crippen molar-refractivity contribution in [2.75, 3.05) is 19.7 Å². The molecule has 0 aliphatic carbocycles. The Hall–Kier alpha value is -4.36. The lowest BCUT2D eigenvalue weighted by molar-refractivity contribution is -0.143. The summed E-state index contributed by atoms with van der Waals surface area (Å²) in [6.07, 6.45) is 0.459. The lowest BCUT2D eigenvalue weighted by atomic mass is 10.0. The minimum Gasteiger partial charge on any atom is -0.508 e. The molecule has 1 aliphatic rings. The Morgan fingerprint density at radius 1 is 0.977 bits per heavy atom. The van der Waals surface area contributed by atoms with Crippen LogP contribution in [0.2, 0.25) is 0 Å². The number of carbonyl (C=O) groups excluding carboxylic acids is 3. The van der Waals surface area contributed by atoms with Crippen molar-refractivity contribution in [3.05, 3.63) is 59.7 Å². The molecule has 2 aromatic carbocycles. The van der Waals surface area contributed by atoms with Crippen LogP contribution in [0.4, 0.5) is 0 Å². The fraction of sp³-hybridized carbons (Fsp3) is 0.484. The number of nitrogens with one attached hydrogen (secondary N) is 2. The van der Waals surface area contributed by atoms with Crippen LogP contribution in [0.5, 0.6) is 11.5 Å². The number of rotatable bonds is 15. The SMILES string of the molecule is C[C@H]1C[C@@H](C(=O)NC(CO)CCCN=C(N)N)N(C(=O)[C@@H](CCc2ccc(O)cc2)NC(=O)[C@H](O)Cc2ccc(O)cc2)C1. The number of guanidine groups is 1. The first kappa shape index (κ1) is 34.1. The minimum atomic E-state index is -1.45. The van der Waals surface area contributed by atoms with Crippen LogP contribution in [0.25, 0.3) is 0 Å². The van der Waals surface area contributed by atoms with Crippen molar-refractivity contribution in [3.63, 3.8) is 0 Å². The molecule has 0 bridgehead atoms. The molecule has 5 atom stereocenters. The lowest BCUT2D eigenvalue weighted by Crippen LogP contribution is -2.56. The molecule has 0 saturated carbocycles. The van der Waals surface area contributed by atoms with E-state index < -0.39 is 42.0 Å². The number of benzene rings is 2. The van der Waals surface area contributed by atoms with Gasteiger partial charge < -0.3 is 47.4 Å². The van der Waals surface area contributed by atoms with Gasteiger partial charge in [-0.15, -0.1) is 0 Å². The van der Waals surface area contributed by atoms with Crippen LogP contribution >= 0.6 is 0 Å².